The number of rotatable bonds is 2. The van der Waals surface area contributed by atoms with Crippen LogP contribution in [0, 0.1) is 0 Å². The standard InChI is InChI=1S/C20H13BO3/c22-21-24-17-11-18-19(15-8-4-3-7-14(15)17)16-10-9-12-5-1-2-6-13(12)20(16)23-18/h1-11,21-22H. The molecule has 0 aliphatic carbocycles. The molecule has 3 nitrogen and oxygen atoms in total. The molecule has 0 aliphatic heterocycles. The van der Waals surface area contributed by atoms with Crippen molar-refractivity contribution in [2.24, 2.45) is 0 Å². The lowest BCUT2D eigenvalue weighted by Gasteiger charge is -2.07. The number of furan rings is 1. The Morgan fingerprint density at radius 1 is 0.792 bits per heavy atom. The SMILES string of the molecule is OBOc1cc2oc3c4ccccc4ccc3c2c2ccccc12. The Morgan fingerprint density at radius 2 is 1.54 bits per heavy atom. The summed E-state index contributed by atoms with van der Waals surface area (Å²) in [5.74, 6) is 0.629. The van der Waals surface area contributed by atoms with Crippen LogP contribution in [0.25, 0.3) is 43.5 Å². The Labute approximate surface area is 138 Å². The summed E-state index contributed by atoms with van der Waals surface area (Å²) in [4.78, 5) is 0. The summed E-state index contributed by atoms with van der Waals surface area (Å²) >= 11 is 0. The fraction of sp³-hybridized carbons (Fsp3) is 0. The monoisotopic (exact) mass is 312 g/mol. The highest BCUT2D eigenvalue weighted by atomic mass is 16.5. The first-order valence-electron chi connectivity index (χ1n) is 7.86. The van der Waals surface area contributed by atoms with Gasteiger partial charge in [-0.15, -0.1) is 0 Å². The first-order valence-corrected chi connectivity index (χ1v) is 7.86. The van der Waals surface area contributed by atoms with Crippen molar-refractivity contribution in [1.29, 1.82) is 0 Å². The van der Waals surface area contributed by atoms with E-state index < -0.39 is 0 Å². The lowest BCUT2D eigenvalue weighted by molar-refractivity contribution is 0.456. The van der Waals surface area contributed by atoms with Gasteiger partial charge in [0.15, 0.2) is 0 Å². The predicted molar refractivity (Wildman–Crippen MR) is 98.7 cm³/mol. The van der Waals surface area contributed by atoms with Gasteiger partial charge in [-0.2, -0.15) is 0 Å². The van der Waals surface area contributed by atoms with E-state index in [1.54, 1.807) is 0 Å². The Balaban J connectivity index is 2.02. The van der Waals surface area contributed by atoms with Gasteiger partial charge in [-0.05, 0) is 16.8 Å². The molecule has 0 spiro atoms. The van der Waals surface area contributed by atoms with Crippen LogP contribution in [-0.2, 0) is 0 Å². The molecule has 1 heterocycles. The summed E-state index contributed by atoms with van der Waals surface area (Å²) in [7, 11) is -0.362. The average Bonchev–Trinajstić information content (AvgIpc) is 3.01. The lowest BCUT2D eigenvalue weighted by Crippen LogP contribution is -2.00. The molecule has 0 bridgehead atoms. The Kier molecular flexibility index (Phi) is 2.81. The molecule has 4 heteroatoms. The molecular formula is C20H13BO3. The Morgan fingerprint density at radius 3 is 2.38 bits per heavy atom. The topological polar surface area (TPSA) is 42.6 Å². The Bertz CT molecular complexity index is 1220. The van der Waals surface area contributed by atoms with E-state index in [1.807, 2.05) is 36.4 Å². The van der Waals surface area contributed by atoms with E-state index in [0.29, 0.717) is 5.75 Å². The second kappa shape index (κ2) is 5.01. The predicted octanol–water partition coefficient (Wildman–Crippen LogP) is 4.53. The average molecular weight is 312 g/mol. The maximum atomic E-state index is 9.18. The summed E-state index contributed by atoms with van der Waals surface area (Å²) in [6, 6.07) is 22.3. The molecule has 0 amide bonds. The van der Waals surface area contributed by atoms with Crippen molar-refractivity contribution >= 4 is 51.2 Å². The molecule has 0 aliphatic rings. The van der Waals surface area contributed by atoms with Crippen molar-refractivity contribution in [3.63, 3.8) is 0 Å². The lowest BCUT2D eigenvalue weighted by atomic mass is 10.0. The minimum Gasteiger partial charge on any atom is -0.538 e. The van der Waals surface area contributed by atoms with Gasteiger partial charge in [-0.3, -0.25) is 0 Å². The summed E-state index contributed by atoms with van der Waals surface area (Å²) in [6.07, 6.45) is 0. The van der Waals surface area contributed by atoms with E-state index in [0.717, 1.165) is 43.5 Å². The van der Waals surface area contributed by atoms with Crippen LogP contribution >= 0.6 is 0 Å². The van der Waals surface area contributed by atoms with Gasteiger partial charge in [-0.1, -0.05) is 54.6 Å². The summed E-state index contributed by atoms with van der Waals surface area (Å²) < 4.78 is 11.6. The minimum absolute atomic E-state index is 0.362. The first-order chi connectivity index (χ1) is 11.9. The highest BCUT2D eigenvalue weighted by Crippen LogP contribution is 2.41. The fourth-order valence-electron chi connectivity index (χ4n) is 3.52. The van der Waals surface area contributed by atoms with Crippen LogP contribution in [-0.4, -0.2) is 12.7 Å². The molecule has 1 aromatic heterocycles. The number of benzene rings is 4. The number of fused-ring (bicyclic) bond motifs is 7. The molecule has 5 aromatic rings. The summed E-state index contributed by atoms with van der Waals surface area (Å²) in [5.41, 5.74) is 1.65. The van der Waals surface area contributed by atoms with Crippen LogP contribution in [0.15, 0.2) is 71.1 Å². The maximum Gasteiger partial charge on any atom is 0.504 e. The van der Waals surface area contributed by atoms with Gasteiger partial charge in [-0.25, -0.2) is 0 Å². The minimum atomic E-state index is -0.362. The normalized spacial score (nSPS) is 11.5. The first kappa shape index (κ1) is 13.5. The van der Waals surface area contributed by atoms with Crippen molar-refractivity contribution < 1.29 is 14.1 Å². The van der Waals surface area contributed by atoms with Crippen LogP contribution in [0.5, 0.6) is 5.75 Å². The summed E-state index contributed by atoms with van der Waals surface area (Å²) in [5, 5.41) is 15.6. The van der Waals surface area contributed by atoms with E-state index in [4.69, 9.17) is 9.07 Å². The van der Waals surface area contributed by atoms with Crippen molar-refractivity contribution in [2.75, 3.05) is 0 Å². The van der Waals surface area contributed by atoms with E-state index >= 15 is 0 Å². The van der Waals surface area contributed by atoms with Gasteiger partial charge in [0.1, 0.15) is 16.9 Å². The van der Waals surface area contributed by atoms with Crippen molar-refractivity contribution in [3.05, 3.63) is 66.7 Å². The van der Waals surface area contributed by atoms with Gasteiger partial charge in [0.25, 0.3) is 0 Å². The van der Waals surface area contributed by atoms with Gasteiger partial charge >= 0.3 is 7.69 Å². The molecule has 5 rings (SSSR count). The van der Waals surface area contributed by atoms with Crippen LogP contribution in [0.4, 0.5) is 0 Å². The van der Waals surface area contributed by atoms with Crippen LogP contribution < -0.4 is 4.65 Å². The van der Waals surface area contributed by atoms with Gasteiger partial charge in [0, 0.05) is 27.6 Å². The van der Waals surface area contributed by atoms with Crippen molar-refractivity contribution in [1.82, 2.24) is 0 Å². The highest BCUT2D eigenvalue weighted by Gasteiger charge is 2.15. The molecule has 0 unspecified atom stereocenters. The molecule has 114 valence electrons. The molecular weight excluding hydrogens is 299 g/mol. The molecule has 0 saturated carbocycles. The third kappa shape index (κ3) is 1.77. The van der Waals surface area contributed by atoms with E-state index in [2.05, 4.69) is 30.3 Å². The number of hydrogen-bond donors (Lipinski definition) is 1. The van der Waals surface area contributed by atoms with Crippen LogP contribution in [0.1, 0.15) is 0 Å². The van der Waals surface area contributed by atoms with Crippen LogP contribution in [0.2, 0.25) is 0 Å². The van der Waals surface area contributed by atoms with Gasteiger partial charge in [0.2, 0.25) is 0 Å². The van der Waals surface area contributed by atoms with Crippen molar-refractivity contribution in [3.8, 4) is 5.75 Å². The van der Waals surface area contributed by atoms with E-state index in [9.17, 15) is 5.02 Å². The highest BCUT2D eigenvalue weighted by molar-refractivity contribution is 6.25. The van der Waals surface area contributed by atoms with Gasteiger partial charge in [0.05, 0.1) is 0 Å². The molecule has 0 saturated heterocycles. The molecule has 24 heavy (non-hydrogen) atoms. The number of hydrogen-bond acceptors (Lipinski definition) is 3. The zero-order valence-electron chi connectivity index (χ0n) is 12.8. The third-order valence-electron chi connectivity index (χ3n) is 4.55. The molecule has 1 N–H and O–H groups in total. The van der Waals surface area contributed by atoms with Crippen LogP contribution in [0.3, 0.4) is 0 Å². The quantitative estimate of drug-likeness (QED) is 0.487. The molecule has 0 atom stereocenters. The second-order valence-electron chi connectivity index (χ2n) is 5.83. The Hall–Kier alpha value is -2.98. The van der Waals surface area contributed by atoms with E-state index in [1.165, 1.54) is 0 Å². The van der Waals surface area contributed by atoms with Crippen molar-refractivity contribution in [2.45, 2.75) is 0 Å². The van der Waals surface area contributed by atoms with Gasteiger partial charge < -0.3 is 14.1 Å². The second-order valence-corrected chi connectivity index (χ2v) is 5.83. The smallest absolute Gasteiger partial charge is 0.504 e. The zero-order valence-corrected chi connectivity index (χ0v) is 12.8. The largest absolute Gasteiger partial charge is 0.538 e. The van der Waals surface area contributed by atoms with E-state index in [-0.39, 0.29) is 7.69 Å². The fourth-order valence-corrected chi connectivity index (χ4v) is 3.52. The maximum absolute atomic E-state index is 9.18. The summed E-state index contributed by atoms with van der Waals surface area (Å²) in [6.45, 7) is 0. The zero-order chi connectivity index (χ0) is 16.1. The molecule has 0 fully saturated rings. The third-order valence-corrected chi connectivity index (χ3v) is 4.55. The molecule has 4 aromatic carbocycles. The molecule has 0 radical (unpaired) electrons.